The number of amidine groups is 1. The molecule has 0 saturated carbocycles. The van der Waals surface area contributed by atoms with Gasteiger partial charge in [-0.05, 0) is 37.6 Å². The number of aliphatic imine (C=N–C) groups is 1. The van der Waals surface area contributed by atoms with Crippen LogP contribution in [0, 0.1) is 6.92 Å². The first-order valence-corrected chi connectivity index (χ1v) is 7.21. The summed E-state index contributed by atoms with van der Waals surface area (Å²) in [6, 6.07) is 3.13. The van der Waals surface area contributed by atoms with E-state index < -0.39 is 23.8 Å². The maximum absolute atomic E-state index is 13.1. The van der Waals surface area contributed by atoms with E-state index >= 15 is 0 Å². The Morgan fingerprint density at radius 1 is 1.15 bits per heavy atom. The monoisotopic (exact) mass is 377 g/mol. The van der Waals surface area contributed by atoms with Gasteiger partial charge in [-0.15, -0.1) is 0 Å². The number of allylic oxidation sites excluding steroid dienone is 2. The lowest BCUT2D eigenvalue weighted by Crippen LogP contribution is -2.37. The van der Waals surface area contributed by atoms with Crippen molar-refractivity contribution in [3.63, 3.8) is 0 Å². The van der Waals surface area contributed by atoms with Gasteiger partial charge in [-0.1, -0.05) is 19.2 Å². The summed E-state index contributed by atoms with van der Waals surface area (Å²) in [6.07, 6.45) is -8.18. The van der Waals surface area contributed by atoms with E-state index in [0.29, 0.717) is 5.01 Å². The fourth-order valence-corrected chi connectivity index (χ4v) is 2.12. The van der Waals surface area contributed by atoms with E-state index in [1.165, 1.54) is 19.9 Å². The largest absolute Gasteiger partial charge is 0.451 e. The molecule has 0 amide bonds. The van der Waals surface area contributed by atoms with Crippen molar-refractivity contribution in [2.24, 2.45) is 10.1 Å². The molecule has 142 valence electrons. The van der Waals surface area contributed by atoms with Crippen molar-refractivity contribution < 1.29 is 26.3 Å². The van der Waals surface area contributed by atoms with Gasteiger partial charge in [0.1, 0.15) is 0 Å². The Labute approximate surface area is 147 Å². The molecule has 0 unspecified atom stereocenters. The molecule has 1 rings (SSSR count). The minimum atomic E-state index is -4.79. The second-order valence-corrected chi connectivity index (χ2v) is 5.31. The molecule has 0 spiro atoms. The average Bonchev–Trinajstić information content (AvgIpc) is 2.48. The highest BCUT2D eigenvalue weighted by atomic mass is 19.4. The third kappa shape index (κ3) is 4.96. The zero-order valence-electron chi connectivity index (χ0n) is 14.3. The quantitative estimate of drug-likeness (QED) is 0.302. The number of hydrogen-bond acceptors (Lipinski definition) is 2. The van der Waals surface area contributed by atoms with Crippen LogP contribution in [-0.4, -0.2) is 29.8 Å². The fourth-order valence-electron chi connectivity index (χ4n) is 2.12. The highest BCUT2D eigenvalue weighted by molar-refractivity contribution is 6.09. The number of aryl methyl sites for hydroxylation is 1. The molecule has 1 aromatic rings. The van der Waals surface area contributed by atoms with Gasteiger partial charge in [0.25, 0.3) is 0 Å². The molecule has 3 nitrogen and oxygen atoms in total. The summed E-state index contributed by atoms with van der Waals surface area (Å²) in [6.45, 7) is 9.44. The molecular formula is C17H17F6N3. The molecule has 0 bridgehead atoms. The van der Waals surface area contributed by atoms with Crippen LogP contribution < -0.4 is 0 Å². The Kier molecular flexibility index (Phi) is 6.40. The third-order valence-corrected chi connectivity index (χ3v) is 3.26. The van der Waals surface area contributed by atoms with Crippen LogP contribution in [0.3, 0.4) is 0 Å². The van der Waals surface area contributed by atoms with Gasteiger partial charge >= 0.3 is 12.4 Å². The minimum absolute atomic E-state index is 0.0600. The summed E-state index contributed by atoms with van der Waals surface area (Å²) >= 11 is 0. The van der Waals surface area contributed by atoms with E-state index in [4.69, 9.17) is 0 Å². The first-order chi connectivity index (χ1) is 11.8. The van der Waals surface area contributed by atoms with Crippen LogP contribution in [0.5, 0.6) is 0 Å². The predicted octanol–water partition coefficient (Wildman–Crippen LogP) is 5.33. The molecule has 26 heavy (non-hydrogen) atoms. The van der Waals surface area contributed by atoms with Crippen LogP contribution in [0.15, 0.2) is 53.2 Å². The molecule has 0 aliphatic carbocycles. The van der Waals surface area contributed by atoms with Gasteiger partial charge in [-0.25, -0.2) is 5.01 Å². The summed E-state index contributed by atoms with van der Waals surface area (Å²) in [5, 5.41) is 4.31. The average molecular weight is 377 g/mol. The molecule has 0 aliphatic heterocycles. The van der Waals surface area contributed by atoms with E-state index in [1.54, 1.807) is 0 Å². The fraction of sp³-hybridized carbons (Fsp3) is 0.294. The van der Waals surface area contributed by atoms with Gasteiger partial charge in [0.2, 0.25) is 5.84 Å². The standard InChI is InChI=1S/C17H17F6N3/c1-6-14(12-7-8-13(11(4)9-12)16(18,19)20)25-26(10(2)3)15(24-5)17(21,22)23/h6-9H,1-2H2,3-5H3/b24-15-,25-14+. The van der Waals surface area contributed by atoms with Gasteiger partial charge < -0.3 is 0 Å². The van der Waals surface area contributed by atoms with Crippen LogP contribution in [0.4, 0.5) is 26.3 Å². The predicted molar refractivity (Wildman–Crippen MR) is 89.0 cm³/mol. The Hall–Kier alpha value is -2.58. The van der Waals surface area contributed by atoms with Crippen LogP contribution in [0.25, 0.3) is 0 Å². The van der Waals surface area contributed by atoms with Gasteiger partial charge in [-0.3, -0.25) is 4.99 Å². The molecule has 1 aromatic carbocycles. The van der Waals surface area contributed by atoms with Crippen molar-refractivity contribution in [1.82, 2.24) is 5.01 Å². The minimum Gasteiger partial charge on any atom is -0.266 e. The topological polar surface area (TPSA) is 28.0 Å². The molecule has 0 aliphatic rings. The molecule has 0 fully saturated rings. The van der Waals surface area contributed by atoms with Crippen LogP contribution in [-0.2, 0) is 6.18 Å². The highest BCUT2D eigenvalue weighted by Crippen LogP contribution is 2.32. The molecule has 0 atom stereocenters. The smallest absolute Gasteiger partial charge is 0.266 e. The molecule has 0 N–H and O–H groups in total. The lowest BCUT2D eigenvalue weighted by molar-refractivity contribution is -0.138. The second-order valence-electron chi connectivity index (χ2n) is 5.31. The van der Waals surface area contributed by atoms with E-state index in [0.717, 1.165) is 25.3 Å². The molecule has 9 heteroatoms. The van der Waals surface area contributed by atoms with E-state index in [2.05, 4.69) is 23.3 Å². The normalized spacial score (nSPS) is 13.6. The summed E-state index contributed by atoms with van der Waals surface area (Å²) in [4.78, 5) is 3.19. The van der Waals surface area contributed by atoms with Gasteiger partial charge in [-0.2, -0.15) is 31.4 Å². The van der Waals surface area contributed by atoms with Crippen LogP contribution >= 0.6 is 0 Å². The maximum atomic E-state index is 13.1. The molecule has 0 heterocycles. The summed E-state index contributed by atoms with van der Waals surface area (Å²) in [5.41, 5.74) is -0.894. The number of rotatable bonds is 4. The lowest BCUT2D eigenvalue weighted by Gasteiger charge is -2.23. The van der Waals surface area contributed by atoms with Crippen molar-refractivity contribution in [1.29, 1.82) is 0 Å². The van der Waals surface area contributed by atoms with E-state index in [9.17, 15) is 26.3 Å². The summed E-state index contributed by atoms with van der Waals surface area (Å²) in [7, 11) is 0.949. The number of hydrazone groups is 1. The Balaban J connectivity index is 3.46. The Morgan fingerprint density at radius 2 is 1.73 bits per heavy atom. The number of alkyl halides is 6. The van der Waals surface area contributed by atoms with E-state index in [1.807, 2.05) is 0 Å². The molecular weight excluding hydrogens is 360 g/mol. The Bertz CT molecular complexity index is 757. The van der Waals surface area contributed by atoms with Gasteiger partial charge in [0.15, 0.2) is 0 Å². The van der Waals surface area contributed by atoms with Crippen LogP contribution in [0.2, 0.25) is 0 Å². The second kappa shape index (κ2) is 7.76. The summed E-state index contributed by atoms with van der Waals surface area (Å²) in [5.74, 6) is -1.31. The van der Waals surface area contributed by atoms with Crippen molar-refractivity contribution in [2.45, 2.75) is 26.2 Å². The SMILES string of the molecule is C=C/C(=N\N(C(=C)C)/C(=N\C)C(F)(F)F)c1ccc(C(F)(F)F)c(C)c1. The Morgan fingerprint density at radius 3 is 2.08 bits per heavy atom. The summed E-state index contributed by atoms with van der Waals surface area (Å²) < 4.78 is 77.9. The van der Waals surface area contributed by atoms with Crippen molar-refractivity contribution in [3.05, 3.63) is 59.8 Å². The third-order valence-electron chi connectivity index (χ3n) is 3.26. The number of benzene rings is 1. The van der Waals surface area contributed by atoms with Crippen LogP contribution in [0.1, 0.15) is 23.6 Å². The molecule has 0 aromatic heterocycles. The number of nitrogens with zero attached hydrogens (tertiary/aromatic N) is 3. The lowest BCUT2D eigenvalue weighted by atomic mass is 10.0. The van der Waals surface area contributed by atoms with Crippen molar-refractivity contribution in [3.8, 4) is 0 Å². The maximum Gasteiger partial charge on any atom is 0.451 e. The first-order valence-electron chi connectivity index (χ1n) is 7.21. The van der Waals surface area contributed by atoms with E-state index in [-0.39, 0.29) is 22.5 Å². The van der Waals surface area contributed by atoms with Gasteiger partial charge in [0, 0.05) is 18.3 Å². The first kappa shape index (κ1) is 21.5. The number of halogens is 6. The number of hydrogen-bond donors (Lipinski definition) is 0. The highest BCUT2D eigenvalue weighted by Gasteiger charge is 2.40. The van der Waals surface area contributed by atoms with Crippen molar-refractivity contribution >= 4 is 11.5 Å². The zero-order valence-corrected chi connectivity index (χ0v) is 14.3. The zero-order chi connectivity index (χ0) is 20.3. The molecule has 0 saturated heterocycles. The van der Waals surface area contributed by atoms with Gasteiger partial charge in [0.05, 0.1) is 11.3 Å². The molecule has 0 radical (unpaired) electrons. The van der Waals surface area contributed by atoms with Crippen molar-refractivity contribution in [2.75, 3.05) is 7.05 Å².